The molecule has 2 fully saturated rings. The Balaban J connectivity index is 2.02. The summed E-state index contributed by atoms with van der Waals surface area (Å²) in [5.41, 5.74) is -0.850. The molecule has 7 N–H and O–H groups in total. The molecule has 8 atom stereocenters. The third-order valence-electron chi connectivity index (χ3n) is 7.85. The minimum absolute atomic E-state index is 0.0321. The first-order valence-electron chi connectivity index (χ1n) is 13.8. The zero-order valence-corrected chi connectivity index (χ0v) is 24.2. The summed E-state index contributed by atoms with van der Waals surface area (Å²) in [4.78, 5) is 61.9. The number of aliphatic hydroxyl groups excluding tert-OH is 1. The van der Waals surface area contributed by atoms with Gasteiger partial charge in [-0.2, -0.15) is 0 Å². The Morgan fingerprint density at radius 1 is 1.07 bits per heavy atom. The topological polar surface area (TPSA) is 249 Å². The molecule has 0 radical (unpaired) electrons. The second-order valence-corrected chi connectivity index (χ2v) is 11.0. The molecule has 2 bridgehead atoms. The zero-order chi connectivity index (χ0) is 33.0. The summed E-state index contributed by atoms with van der Waals surface area (Å²) in [6.07, 6.45) is -9.13. The van der Waals surface area contributed by atoms with Gasteiger partial charge in [0.1, 0.15) is 12.2 Å². The molecule has 1 aromatic carbocycles. The molecule has 15 nitrogen and oxygen atoms in total. The van der Waals surface area contributed by atoms with Crippen molar-refractivity contribution in [3.8, 4) is 0 Å². The van der Waals surface area contributed by atoms with Crippen molar-refractivity contribution in [3.63, 3.8) is 0 Å². The Morgan fingerprint density at radius 2 is 1.70 bits per heavy atom. The summed E-state index contributed by atoms with van der Waals surface area (Å²) < 4.78 is 21.7. The highest BCUT2D eigenvalue weighted by Crippen LogP contribution is 2.56. The molecule has 2 aliphatic rings. The van der Waals surface area contributed by atoms with E-state index in [1.807, 2.05) is 30.3 Å². The lowest BCUT2D eigenvalue weighted by molar-refractivity contribution is -0.374. The van der Waals surface area contributed by atoms with Crippen LogP contribution in [0.3, 0.4) is 0 Å². The molecule has 2 heterocycles. The van der Waals surface area contributed by atoms with Gasteiger partial charge in [-0.15, -0.1) is 0 Å². The lowest BCUT2D eigenvalue weighted by Gasteiger charge is -2.48. The maximum absolute atomic E-state index is 12.8. The van der Waals surface area contributed by atoms with E-state index < -0.39 is 77.7 Å². The largest absolute Gasteiger partial charge is 0.479 e. The highest BCUT2D eigenvalue weighted by atomic mass is 16.8. The van der Waals surface area contributed by atoms with Crippen molar-refractivity contribution in [1.82, 2.24) is 0 Å². The van der Waals surface area contributed by atoms with Crippen molar-refractivity contribution < 1.29 is 68.5 Å². The van der Waals surface area contributed by atoms with Crippen LogP contribution in [-0.4, -0.2) is 103 Å². The van der Waals surface area contributed by atoms with Gasteiger partial charge in [0.2, 0.25) is 23.1 Å². The number of benzene rings is 1. The van der Waals surface area contributed by atoms with Crippen LogP contribution in [0, 0.1) is 5.92 Å². The molecule has 15 heteroatoms. The fraction of sp³-hybridized carbons (Fsp3) is 0.552. The molecule has 3 rings (SSSR count). The summed E-state index contributed by atoms with van der Waals surface area (Å²) in [5.74, 6) is -11.4. The number of aliphatic carboxylic acids is 3. The van der Waals surface area contributed by atoms with Gasteiger partial charge in [-0.1, -0.05) is 43.8 Å². The monoisotopic (exact) mass is 623 g/mol. The predicted molar refractivity (Wildman–Crippen MR) is 147 cm³/mol. The number of carboxylic acids is 3. The molecule has 2 saturated heterocycles. The molecule has 1 aromatic rings. The molecule has 242 valence electrons. The number of aliphatic hydroxyl groups is 2. The van der Waals surface area contributed by atoms with Gasteiger partial charge in [0.05, 0.1) is 0 Å². The van der Waals surface area contributed by atoms with Crippen molar-refractivity contribution >= 4 is 29.8 Å². The Hall–Kier alpha value is -3.89. The molecule has 0 aliphatic carbocycles. The molecule has 2 aliphatic heterocycles. The van der Waals surface area contributed by atoms with Gasteiger partial charge in [0.15, 0.2) is 6.10 Å². The first-order chi connectivity index (χ1) is 20.6. The second kappa shape index (κ2) is 13.4. The van der Waals surface area contributed by atoms with E-state index >= 15 is 0 Å². The molecule has 0 amide bonds. The minimum atomic E-state index is -3.88. The number of nitrogens with two attached hydrogens (primary N) is 1. The van der Waals surface area contributed by atoms with Crippen LogP contribution in [-0.2, 0) is 49.3 Å². The average Bonchev–Trinajstić information content (AvgIpc) is 3.17. The number of rotatable bonds is 15. The number of carbonyl (C=O) groups excluding carboxylic acids is 2. The van der Waals surface area contributed by atoms with E-state index in [1.54, 1.807) is 6.92 Å². The number of ether oxygens (including phenoxy) is 4. The summed E-state index contributed by atoms with van der Waals surface area (Å²) in [6.45, 7) is 7.00. The predicted octanol–water partition coefficient (Wildman–Crippen LogP) is -0.00610. The number of carbonyl (C=O) groups is 5. The SMILES string of the molecule is C=C(CCC12OC(C(=O)O)C(O)(C(=O)O)C(C(=O)O)(O1)[C@H](OC(=O)CCCN)[C@H]2O)[C@@H](OC(C)=O)[C@H](C)Cc1ccccc1. The first-order valence-corrected chi connectivity index (χ1v) is 13.8. The van der Waals surface area contributed by atoms with Gasteiger partial charge < -0.3 is 50.2 Å². The van der Waals surface area contributed by atoms with Gasteiger partial charge in [-0.25, -0.2) is 14.4 Å². The molecular weight excluding hydrogens is 586 g/mol. The Labute approximate surface area is 252 Å². The van der Waals surface area contributed by atoms with Crippen LogP contribution in [0.1, 0.15) is 45.1 Å². The number of esters is 2. The van der Waals surface area contributed by atoms with E-state index in [1.165, 1.54) is 6.92 Å². The van der Waals surface area contributed by atoms with Crippen LogP contribution in [0.25, 0.3) is 0 Å². The zero-order valence-electron chi connectivity index (χ0n) is 24.2. The van der Waals surface area contributed by atoms with Crippen LogP contribution in [0.5, 0.6) is 0 Å². The molecule has 0 spiro atoms. The van der Waals surface area contributed by atoms with Crippen LogP contribution in [0.2, 0.25) is 0 Å². The fourth-order valence-corrected chi connectivity index (χ4v) is 5.74. The second-order valence-electron chi connectivity index (χ2n) is 11.0. The standard InChI is InChI=1S/C29H37NO14/c1-15(20(41-17(3)31)16(2)14-18-8-5-4-6-9-18)11-12-27-21(33)22(42-19(32)10-7-13-30)29(44-27,26(38)39)28(40,25(36)37)23(43-27)24(34)35/h4-6,8-9,16,20-23,33,40H,1,7,10-14,30H2,2-3H3,(H,34,35)(H,36,37)(H,38,39)/t16-,20-,21-,22-,23?,27?,28?,29?/m1/s1. The lowest BCUT2D eigenvalue weighted by Crippen LogP contribution is -2.78. The third-order valence-corrected chi connectivity index (χ3v) is 7.85. The molecule has 44 heavy (non-hydrogen) atoms. The maximum Gasteiger partial charge on any atom is 0.344 e. The normalized spacial score (nSPS) is 30.5. The van der Waals surface area contributed by atoms with Crippen molar-refractivity contribution in [3.05, 3.63) is 48.0 Å². The van der Waals surface area contributed by atoms with Gasteiger partial charge in [0, 0.05) is 25.7 Å². The fourth-order valence-electron chi connectivity index (χ4n) is 5.74. The smallest absolute Gasteiger partial charge is 0.344 e. The van der Waals surface area contributed by atoms with Gasteiger partial charge in [-0.3, -0.25) is 9.59 Å². The summed E-state index contributed by atoms with van der Waals surface area (Å²) in [5, 5.41) is 52.7. The molecule has 0 aromatic heterocycles. The summed E-state index contributed by atoms with van der Waals surface area (Å²) >= 11 is 0. The number of hydrogen-bond donors (Lipinski definition) is 6. The van der Waals surface area contributed by atoms with Gasteiger partial charge in [-0.05, 0) is 36.9 Å². The minimum Gasteiger partial charge on any atom is -0.479 e. The highest BCUT2D eigenvalue weighted by Gasteiger charge is 2.85. The van der Waals surface area contributed by atoms with E-state index in [4.69, 9.17) is 24.7 Å². The average molecular weight is 624 g/mol. The molecule has 4 unspecified atom stereocenters. The molecule has 0 saturated carbocycles. The van der Waals surface area contributed by atoms with Crippen LogP contribution in [0.4, 0.5) is 0 Å². The van der Waals surface area contributed by atoms with Crippen LogP contribution < -0.4 is 5.73 Å². The highest BCUT2D eigenvalue weighted by molar-refractivity contribution is 5.98. The Bertz CT molecular complexity index is 1290. The first kappa shape index (κ1) is 34.6. The van der Waals surface area contributed by atoms with Crippen LogP contribution >= 0.6 is 0 Å². The van der Waals surface area contributed by atoms with Crippen molar-refractivity contribution in [1.29, 1.82) is 0 Å². The third kappa shape index (κ3) is 6.19. The molecular formula is C29H37NO14. The number of carboxylic acid groups (broad SMARTS) is 3. The summed E-state index contributed by atoms with van der Waals surface area (Å²) in [7, 11) is 0. The summed E-state index contributed by atoms with van der Waals surface area (Å²) in [6, 6.07) is 9.25. The Kier molecular flexibility index (Phi) is 10.5. The maximum atomic E-state index is 12.8. The van der Waals surface area contributed by atoms with E-state index in [0.29, 0.717) is 6.42 Å². The quantitative estimate of drug-likeness (QED) is 0.111. The number of fused-ring (bicyclic) bond motifs is 2. The van der Waals surface area contributed by atoms with Crippen LogP contribution in [0.15, 0.2) is 42.5 Å². The number of hydrogen-bond acceptors (Lipinski definition) is 12. The van der Waals surface area contributed by atoms with Gasteiger partial charge >= 0.3 is 29.8 Å². The van der Waals surface area contributed by atoms with E-state index in [2.05, 4.69) is 6.58 Å². The van der Waals surface area contributed by atoms with E-state index in [9.17, 15) is 49.5 Å². The van der Waals surface area contributed by atoms with Crippen molar-refractivity contribution in [2.75, 3.05) is 6.54 Å². The Morgan fingerprint density at radius 3 is 2.23 bits per heavy atom. The lowest BCUT2D eigenvalue weighted by atomic mass is 9.74. The van der Waals surface area contributed by atoms with E-state index in [0.717, 1.165) is 5.56 Å². The van der Waals surface area contributed by atoms with Crippen molar-refractivity contribution in [2.45, 2.75) is 87.4 Å². The van der Waals surface area contributed by atoms with Gasteiger partial charge in [0.25, 0.3) is 0 Å². The van der Waals surface area contributed by atoms with E-state index in [-0.39, 0.29) is 37.3 Å². The van der Waals surface area contributed by atoms with Crippen molar-refractivity contribution in [2.24, 2.45) is 11.7 Å².